The molecular formula is C24H32N2O6. The number of benzene rings is 2. The van der Waals surface area contributed by atoms with Gasteiger partial charge in [-0.1, -0.05) is 64.5 Å². The SMILES string of the molecule is CCCCCCOc1ccc(-c2ccc(OCCCCCC)c([N+](=O)[O-])c2)cc1[N+](=O)[O-]. The van der Waals surface area contributed by atoms with Crippen molar-refractivity contribution in [1.82, 2.24) is 0 Å². The number of ether oxygens (including phenoxy) is 2. The van der Waals surface area contributed by atoms with Crippen LogP contribution in [0.25, 0.3) is 11.1 Å². The van der Waals surface area contributed by atoms with E-state index in [0.29, 0.717) is 24.3 Å². The van der Waals surface area contributed by atoms with E-state index in [2.05, 4.69) is 13.8 Å². The fourth-order valence-corrected chi connectivity index (χ4v) is 3.35. The third-order valence-electron chi connectivity index (χ3n) is 5.16. The summed E-state index contributed by atoms with van der Waals surface area (Å²) in [5.41, 5.74) is 0.703. The first-order valence-corrected chi connectivity index (χ1v) is 11.3. The summed E-state index contributed by atoms with van der Waals surface area (Å²) in [6.07, 6.45) is 8.09. The minimum Gasteiger partial charge on any atom is -0.487 e. The zero-order valence-corrected chi connectivity index (χ0v) is 18.9. The van der Waals surface area contributed by atoms with Crippen LogP contribution in [0, 0.1) is 20.2 Å². The minimum absolute atomic E-state index is 0.156. The Hall–Kier alpha value is -3.16. The van der Waals surface area contributed by atoms with Gasteiger partial charge in [0, 0.05) is 12.1 Å². The number of hydrogen-bond donors (Lipinski definition) is 0. The van der Waals surface area contributed by atoms with Gasteiger partial charge in [0.2, 0.25) is 0 Å². The predicted octanol–water partition coefficient (Wildman–Crippen LogP) is 7.09. The quantitative estimate of drug-likeness (QED) is 0.165. The highest BCUT2D eigenvalue weighted by molar-refractivity contribution is 5.72. The third-order valence-corrected chi connectivity index (χ3v) is 5.16. The maximum absolute atomic E-state index is 11.6. The summed E-state index contributed by atoms with van der Waals surface area (Å²) in [6.45, 7) is 5.05. The summed E-state index contributed by atoms with van der Waals surface area (Å²) >= 11 is 0. The highest BCUT2D eigenvalue weighted by Gasteiger charge is 2.20. The van der Waals surface area contributed by atoms with Crippen LogP contribution in [0.5, 0.6) is 11.5 Å². The second kappa shape index (κ2) is 13.3. The molecule has 0 aliphatic carbocycles. The molecular weight excluding hydrogens is 412 g/mol. The highest BCUT2D eigenvalue weighted by atomic mass is 16.6. The van der Waals surface area contributed by atoms with E-state index in [1.54, 1.807) is 24.3 Å². The van der Waals surface area contributed by atoms with Crippen LogP contribution in [0.1, 0.15) is 65.2 Å². The lowest BCUT2D eigenvalue weighted by atomic mass is 10.0. The van der Waals surface area contributed by atoms with Crippen molar-refractivity contribution in [2.24, 2.45) is 0 Å². The Morgan fingerprint density at radius 3 is 1.41 bits per heavy atom. The normalized spacial score (nSPS) is 10.7. The average Bonchev–Trinajstić information content (AvgIpc) is 2.78. The molecule has 2 rings (SSSR count). The van der Waals surface area contributed by atoms with Gasteiger partial charge >= 0.3 is 11.4 Å². The third kappa shape index (κ3) is 7.51. The highest BCUT2D eigenvalue weighted by Crippen LogP contribution is 2.36. The molecule has 174 valence electrons. The Labute approximate surface area is 188 Å². The van der Waals surface area contributed by atoms with Crippen molar-refractivity contribution in [2.45, 2.75) is 65.2 Å². The number of nitro groups is 2. The molecule has 2 aromatic carbocycles. The van der Waals surface area contributed by atoms with Gasteiger partial charge in [0.15, 0.2) is 11.5 Å². The molecule has 0 unspecified atom stereocenters. The largest absolute Gasteiger partial charge is 0.487 e. The molecule has 0 bridgehead atoms. The molecule has 32 heavy (non-hydrogen) atoms. The van der Waals surface area contributed by atoms with Gasteiger partial charge in [-0.05, 0) is 36.1 Å². The predicted molar refractivity (Wildman–Crippen MR) is 124 cm³/mol. The first kappa shape index (κ1) is 25.1. The van der Waals surface area contributed by atoms with Crippen LogP contribution in [0.15, 0.2) is 36.4 Å². The van der Waals surface area contributed by atoms with Gasteiger partial charge in [0.25, 0.3) is 0 Å². The summed E-state index contributed by atoms with van der Waals surface area (Å²) < 4.78 is 11.2. The van der Waals surface area contributed by atoms with E-state index in [-0.39, 0.29) is 22.9 Å². The average molecular weight is 445 g/mol. The minimum atomic E-state index is -0.493. The van der Waals surface area contributed by atoms with Crippen molar-refractivity contribution in [3.05, 3.63) is 56.6 Å². The van der Waals surface area contributed by atoms with Crippen LogP contribution in [-0.4, -0.2) is 23.1 Å². The Morgan fingerprint density at radius 1 is 0.656 bits per heavy atom. The molecule has 0 aromatic heterocycles. The molecule has 0 atom stereocenters. The molecule has 0 saturated heterocycles. The Morgan fingerprint density at radius 2 is 1.06 bits per heavy atom. The van der Waals surface area contributed by atoms with Crippen molar-refractivity contribution in [3.63, 3.8) is 0 Å². The Balaban J connectivity index is 2.18. The molecule has 0 spiro atoms. The van der Waals surface area contributed by atoms with Crippen molar-refractivity contribution in [2.75, 3.05) is 13.2 Å². The maximum atomic E-state index is 11.6. The standard InChI is InChI=1S/C24H32N2O6/c1-3-5-7-9-15-31-23-13-11-19(17-21(23)25(27)28)20-12-14-24(22(18-20)26(29)30)32-16-10-8-6-4-2/h11-14,17-18H,3-10,15-16H2,1-2H3. The molecule has 0 saturated carbocycles. The van der Waals surface area contributed by atoms with Crippen LogP contribution in [0.2, 0.25) is 0 Å². The summed E-state index contributed by atoms with van der Waals surface area (Å²) in [6, 6.07) is 9.25. The smallest absolute Gasteiger partial charge is 0.311 e. The van der Waals surface area contributed by atoms with E-state index in [1.165, 1.54) is 12.1 Å². The Kier molecular flexibility index (Phi) is 10.4. The molecule has 8 heteroatoms. The molecule has 2 aromatic rings. The van der Waals surface area contributed by atoms with Crippen molar-refractivity contribution in [3.8, 4) is 22.6 Å². The molecule has 0 aliphatic rings. The summed E-state index contributed by atoms with van der Waals surface area (Å²) in [7, 11) is 0. The lowest BCUT2D eigenvalue weighted by molar-refractivity contribution is -0.386. The fraction of sp³-hybridized carbons (Fsp3) is 0.500. The van der Waals surface area contributed by atoms with Gasteiger partial charge in [-0.15, -0.1) is 0 Å². The second-order valence-corrected chi connectivity index (χ2v) is 7.70. The van der Waals surface area contributed by atoms with Crippen LogP contribution in [0.3, 0.4) is 0 Å². The molecule has 8 nitrogen and oxygen atoms in total. The molecule has 0 radical (unpaired) electrons. The molecule has 0 heterocycles. The molecule has 0 aliphatic heterocycles. The Bertz CT molecular complexity index is 827. The first-order chi connectivity index (χ1) is 15.5. The van der Waals surface area contributed by atoms with E-state index in [9.17, 15) is 20.2 Å². The summed E-state index contributed by atoms with van der Waals surface area (Å²) in [4.78, 5) is 22.1. The van der Waals surface area contributed by atoms with Gasteiger partial charge in [-0.3, -0.25) is 20.2 Å². The number of nitro benzene ring substituents is 2. The summed E-state index contributed by atoms with van der Waals surface area (Å²) in [5.74, 6) is 0.411. The number of hydrogen-bond acceptors (Lipinski definition) is 6. The second-order valence-electron chi connectivity index (χ2n) is 7.70. The topological polar surface area (TPSA) is 105 Å². The van der Waals surface area contributed by atoms with Crippen molar-refractivity contribution in [1.29, 1.82) is 0 Å². The first-order valence-electron chi connectivity index (χ1n) is 11.3. The van der Waals surface area contributed by atoms with Gasteiger partial charge in [0.1, 0.15) is 0 Å². The van der Waals surface area contributed by atoms with E-state index in [4.69, 9.17) is 9.47 Å². The van der Waals surface area contributed by atoms with Gasteiger partial charge in [-0.25, -0.2) is 0 Å². The molecule has 0 fully saturated rings. The zero-order valence-electron chi connectivity index (χ0n) is 18.9. The van der Waals surface area contributed by atoms with Crippen LogP contribution < -0.4 is 9.47 Å². The van der Waals surface area contributed by atoms with Crippen molar-refractivity contribution >= 4 is 11.4 Å². The van der Waals surface area contributed by atoms with E-state index < -0.39 is 9.85 Å². The van der Waals surface area contributed by atoms with Gasteiger partial charge in [0.05, 0.1) is 23.1 Å². The lowest BCUT2D eigenvalue weighted by Gasteiger charge is -2.10. The van der Waals surface area contributed by atoms with E-state index >= 15 is 0 Å². The number of unbranched alkanes of at least 4 members (excludes halogenated alkanes) is 6. The zero-order chi connectivity index (χ0) is 23.3. The van der Waals surface area contributed by atoms with E-state index in [1.807, 2.05) is 0 Å². The van der Waals surface area contributed by atoms with Crippen LogP contribution >= 0.6 is 0 Å². The molecule has 0 amide bonds. The van der Waals surface area contributed by atoms with Crippen molar-refractivity contribution < 1.29 is 19.3 Å². The van der Waals surface area contributed by atoms with E-state index in [0.717, 1.165) is 51.4 Å². The monoisotopic (exact) mass is 444 g/mol. The fourth-order valence-electron chi connectivity index (χ4n) is 3.35. The van der Waals surface area contributed by atoms with Gasteiger partial charge in [-0.2, -0.15) is 0 Å². The van der Waals surface area contributed by atoms with Crippen LogP contribution in [0.4, 0.5) is 11.4 Å². The number of nitrogens with zero attached hydrogens (tertiary/aromatic N) is 2. The summed E-state index contributed by atoms with van der Waals surface area (Å²) in [5, 5.41) is 23.1. The van der Waals surface area contributed by atoms with Gasteiger partial charge < -0.3 is 9.47 Å². The van der Waals surface area contributed by atoms with Crippen LogP contribution in [-0.2, 0) is 0 Å². The maximum Gasteiger partial charge on any atom is 0.311 e. The molecule has 0 N–H and O–H groups in total. The lowest BCUT2D eigenvalue weighted by Crippen LogP contribution is -2.02. The number of rotatable bonds is 15.